The first kappa shape index (κ1) is 11.5. The molecule has 2 aromatic rings. The van der Waals surface area contributed by atoms with E-state index in [2.05, 4.69) is 9.97 Å². The minimum absolute atomic E-state index is 0.0736. The molecule has 0 atom stereocenters. The van der Waals surface area contributed by atoms with Crippen molar-refractivity contribution in [3.05, 3.63) is 47.2 Å². The van der Waals surface area contributed by atoms with E-state index in [0.717, 1.165) is 5.56 Å². The molecule has 17 heavy (non-hydrogen) atoms. The van der Waals surface area contributed by atoms with Crippen LogP contribution in [0.2, 0.25) is 5.02 Å². The monoisotopic (exact) mass is 248 g/mol. The summed E-state index contributed by atoms with van der Waals surface area (Å²) in [6, 6.07) is 7.18. The highest BCUT2D eigenvalue weighted by Gasteiger charge is 2.04. The van der Waals surface area contributed by atoms with Gasteiger partial charge in [-0.25, -0.2) is 9.97 Å². The Morgan fingerprint density at radius 1 is 1.29 bits per heavy atom. The number of halogens is 1. The largest absolute Gasteiger partial charge is 0.481 e. The van der Waals surface area contributed by atoms with E-state index in [1.807, 2.05) is 12.1 Å². The topological polar surface area (TPSA) is 63.1 Å². The van der Waals surface area contributed by atoms with Crippen LogP contribution in [0.5, 0.6) is 0 Å². The Balaban J connectivity index is 2.26. The molecule has 0 aliphatic rings. The number of nitrogens with zero attached hydrogens (tertiary/aromatic N) is 2. The number of carboxylic acids is 1. The Hall–Kier alpha value is -1.94. The smallest absolute Gasteiger partial charge is 0.307 e. The third kappa shape index (κ3) is 3.01. The molecule has 0 spiro atoms. The molecule has 0 amide bonds. The average molecular weight is 249 g/mol. The molecule has 4 nitrogen and oxygen atoms in total. The third-order valence-electron chi connectivity index (χ3n) is 2.14. The maximum atomic E-state index is 10.5. The Morgan fingerprint density at radius 3 is 2.59 bits per heavy atom. The van der Waals surface area contributed by atoms with Crippen LogP contribution in [0.1, 0.15) is 5.56 Å². The molecule has 1 heterocycles. The molecule has 5 heteroatoms. The van der Waals surface area contributed by atoms with Gasteiger partial charge in [-0.3, -0.25) is 4.79 Å². The van der Waals surface area contributed by atoms with Gasteiger partial charge in [-0.2, -0.15) is 0 Å². The van der Waals surface area contributed by atoms with Crippen LogP contribution in [-0.2, 0) is 11.2 Å². The molecule has 0 saturated heterocycles. The summed E-state index contributed by atoms with van der Waals surface area (Å²) in [6.07, 6.45) is 2.95. The molecule has 0 unspecified atom stereocenters. The second-order valence-corrected chi connectivity index (χ2v) is 3.93. The van der Waals surface area contributed by atoms with Gasteiger partial charge in [-0.15, -0.1) is 0 Å². The normalized spacial score (nSPS) is 10.2. The number of carboxylic acid groups (broad SMARTS) is 1. The minimum Gasteiger partial charge on any atom is -0.481 e. The van der Waals surface area contributed by atoms with Gasteiger partial charge in [0.1, 0.15) is 0 Å². The van der Waals surface area contributed by atoms with Gasteiger partial charge >= 0.3 is 5.97 Å². The molecule has 0 radical (unpaired) electrons. The summed E-state index contributed by atoms with van der Waals surface area (Å²) >= 11 is 5.86. The number of aromatic nitrogens is 2. The van der Waals surface area contributed by atoms with Gasteiger partial charge in [-0.05, 0) is 17.7 Å². The standard InChI is InChI=1S/C12H9ClN2O2/c13-10-3-1-2-9(5-10)12-14-6-8(7-15-12)4-11(16)17/h1-3,5-7H,4H2,(H,16,17). The first-order valence-corrected chi connectivity index (χ1v) is 5.31. The zero-order valence-electron chi connectivity index (χ0n) is 8.80. The Kier molecular flexibility index (Phi) is 3.35. The summed E-state index contributed by atoms with van der Waals surface area (Å²) in [7, 11) is 0. The Bertz CT molecular complexity index is 540. The second-order valence-electron chi connectivity index (χ2n) is 3.50. The highest BCUT2D eigenvalue weighted by molar-refractivity contribution is 6.30. The zero-order valence-corrected chi connectivity index (χ0v) is 9.55. The number of aliphatic carboxylic acids is 1. The van der Waals surface area contributed by atoms with Gasteiger partial charge in [0.2, 0.25) is 0 Å². The van der Waals surface area contributed by atoms with Crippen LogP contribution in [0.3, 0.4) is 0 Å². The van der Waals surface area contributed by atoms with Crippen molar-refractivity contribution in [2.24, 2.45) is 0 Å². The SMILES string of the molecule is O=C(O)Cc1cnc(-c2cccc(Cl)c2)nc1. The summed E-state index contributed by atoms with van der Waals surface area (Å²) in [6.45, 7) is 0. The molecule has 0 aliphatic heterocycles. The summed E-state index contributed by atoms with van der Waals surface area (Å²) < 4.78 is 0. The van der Waals surface area contributed by atoms with E-state index >= 15 is 0 Å². The molecule has 1 N–H and O–H groups in total. The average Bonchev–Trinajstić information content (AvgIpc) is 2.29. The van der Waals surface area contributed by atoms with Crippen LogP contribution in [0, 0.1) is 0 Å². The molecule has 1 aromatic heterocycles. The number of benzene rings is 1. The number of hydrogen-bond donors (Lipinski definition) is 1. The van der Waals surface area contributed by atoms with Crippen molar-refractivity contribution >= 4 is 17.6 Å². The lowest BCUT2D eigenvalue weighted by Gasteiger charge is -2.01. The molecule has 1 aromatic carbocycles. The van der Waals surface area contributed by atoms with Crippen molar-refractivity contribution in [3.63, 3.8) is 0 Å². The van der Waals surface area contributed by atoms with Crippen molar-refractivity contribution in [1.29, 1.82) is 0 Å². The van der Waals surface area contributed by atoms with Crippen molar-refractivity contribution in [2.75, 3.05) is 0 Å². The highest BCUT2D eigenvalue weighted by Crippen LogP contribution is 2.18. The fourth-order valence-corrected chi connectivity index (χ4v) is 1.59. The summed E-state index contributed by atoms with van der Waals surface area (Å²) in [5.41, 5.74) is 1.38. The van der Waals surface area contributed by atoms with E-state index in [0.29, 0.717) is 16.4 Å². The van der Waals surface area contributed by atoms with E-state index < -0.39 is 5.97 Å². The van der Waals surface area contributed by atoms with Gasteiger partial charge in [0.05, 0.1) is 6.42 Å². The second kappa shape index (κ2) is 4.93. The first-order chi connectivity index (χ1) is 8.15. The molecule has 0 fully saturated rings. The van der Waals surface area contributed by atoms with E-state index in [1.54, 1.807) is 12.1 Å². The van der Waals surface area contributed by atoms with Crippen LogP contribution in [0.25, 0.3) is 11.4 Å². The van der Waals surface area contributed by atoms with Gasteiger partial charge in [0.15, 0.2) is 5.82 Å². The maximum Gasteiger partial charge on any atom is 0.307 e. The maximum absolute atomic E-state index is 10.5. The Morgan fingerprint density at radius 2 is 2.00 bits per heavy atom. The number of carbonyl (C=O) groups is 1. The van der Waals surface area contributed by atoms with E-state index in [9.17, 15) is 4.79 Å². The van der Waals surface area contributed by atoms with Crippen molar-refractivity contribution in [1.82, 2.24) is 9.97 Å². The van der Waals surface area contributed by atoms with Crippen LogP contribution >= 0.6 is 11.6 Å². The summed E-state index contributed by atoms with van der Waals surface area (Å²) in [5, 5.41) is 9.23. The van der Waals surface area contributed by atoms with Crippen LogP contribution in [-0.4, -0.2) is 21.0 Å². The minimum atomic E-state index is -0.899. The lowest BCUT2D eigenvalue weighted by atomic mass is 10.2. The molecule has 0 saturated carbocycles. The van der Waals surface area contributed by atoms with E-state index in [-0.39, 0.29) is 6.42 Å². The fraction of sp³-hybridized carbons (Fsp3) is 0.0833. The molecular formula is C12H9ClN2O2. The number of hydrogen-bond acceptors (Lipinski definition) is 3. The fourth-order valence-electron chi connectivity index (χ4n) is 1.40. The third-order valence-corrected chi connectivity index (χ3v) is 2.38. The summed E-state index contributed by atoms with van der Waals surface area (Å²) in [4.78, 5) is 18.7. The molecule has 0 bridgehead atoms. The van der Waals surface area contributed by atoms with Crippen molar-refractivity contribution < 1.29 is 9.90 Å². The van der Waals surface area contributed by atoms with Crippen LogP contribution in [0.4, 0.5) is 0 Å². The molecule has 86 valence electrons. The molecule has 0 aliphatic carbocycles. The predicted octanol–water partition coefficient (Wildman–Crippen LogP) is 2.42. The zero-order chi connectivity index (χ0) is 12.3. The van der Waals surface area contributed by atoms with Crippen LogP contribution in [0.15, 0.2) is 36.7 Å². The van der Waals surface area contributed by atoms with Crippen molar-refractivity contribution in [2.45, 2.75) is 6.42 Å². The lowest BCUT2D eigenvalue weighted by Crippen LogP contribution is -2.01. The predicted molar refractivity (Wildman–Crippen MR) is 63.8 cm³/mol. The van der Waals surface area contributed by atoms with Crippen LogP contribution < -0.4 is 0 Å². The first-order valence-electron chi connectivity index (χ1n) is 4.94. The molecule has 2 rings (SSSR count). The highest BCUT2D eigenvalue weighted by atomic mass is 35.5. The van der Waals surface area contributed by atoms with E-state index in [4.69, 9.17) is 16.7 Å². The van der Waals surface area contributed by atoms with Gasteiger partial charge in [0.25, 0.3) is 0 Å². The molecular weight excluding hydrogens is 240 g/mol. The van der Waals surface area contributed by atoms with Gasteiger partial charge < -0.3 is 5.11 Å². The lowest BCUT2D eigenvalue weighted by molar-refractivity contribution is -0.136. The van der Waals surface area contributed by atoms with Gasteiger partial charge in [0, 0.05) is 23.0 Å². The van der Waals surface area contributed by atoms with Crippen molar-refractivity contribution in [3.8, 4) is 11.4 Å². The van der Waals surface area contributed by atoms with E-state index in [1.165, 1.54) is 12.4 Å². The van der Waals surface area contributed by atoms with Gasteiger partial charge in [-0.1, -0.05) is 23.7 Å². The number of rotatable bonds is 3. The summed E-state index contributed by atoms with van der Waals surface area (Å²) in [5.74, 6) is -0.370. The quantitative estimate of drug-likeness (QED) is 0.906. The Labute approximate surface area is 103 Å².